The fraction of sp³-hybridized carbons (Fsp3) is 0.444. The quantitative estimate of drug-likeness (QED) is 0.182. The topological polar surface area (TPSA) is 195 Å². The maximum Gasteiger partial charge on any atom is 0.326 e. The van der Waals surface area contributed by atoms with Crippen molar-refractivity contribution in [2.24, 2.45) is 0 Å². The average molecular weight is 442 g/mol. The first-order valence-corrected chi connectivity index (χ1v) is 9.24. The maximum atomic E-state index is 13.0. The molecule has 0 radical (unpaired) electrons. The van der Waals surface area contributed by atoms with E-state index in [1.54, 1.807) is 0 Å². The number of nitrogens with one attached hydrogen (secondary N) is 3. The standard InChI is InChI=1S/C18H23FN4O8/c19-13-9-10(6-8-20-13)15(26)21-7-2-1-3-11(16(27)28)22-18(31)23-12(17(29)30)4-5-14(24)25/h6,8-9,11-12H,1-5,7H2,(H,21,26)(H,24,25)(H,27,28)(H,29,30)(H2,22,23,31)/t11-,12-/m0/s1. The first-order valence-electron chi connectivity index (χ1n) is 9.24. The Kier molecular flexibility index (Phi) is 10.4. The number of carbonyl (C=O) groups excluding carboxylic acids is 2. The number of halogens is 1. The van der Waals surface area contributed by atoms with E-state index in [0.29, 0.717) is 12.8 Å². The monoisotopic (exact) mass is 442 g/mol. The van der Waals surface area contributed by atoms with Crippen LogP contribution in [0.1, 0.15) is 42.5 Å². The predicted octanol–water partition coefficient (Wildman–Crippen LogP) is 0.191. The number of carboxylic acid groups (broad SMARTS) is 3. The molecule has 12 nitrogen and oxygen atoms in total. The molecule has 0 aliphatic rings. The minimum atomic E-state index is -1.49. The van der Waals surface area contributed by atoms with E-state index >= 15 is 0 Å². The smallest absolute Gasteiger partial charge is 0.326 e. The predicted molar refractivity (Wildman–Crippen MR) is 102 cm³/mol. The number of aromatic nitrogens is 1. The van der Waals surface area contributed by atoms with Crippen LogP contribution in [0.5, 0.6) is 0 Å². The minimum Gasteiger partial charge on any atom is -0.481 e. The summed E-state index contributed by atoms with van der Waals surface area (Å²) in [7, 11) is 0. The molecule has 3 amide bonds. The Hall–Kier alpha value is -3.77. The van der Waals surface area contributed by atoms with Crippen molar-refractivity contribution in [3.05, 3.63) is 29.8 Å². The number of aliphatic carboxylic acids is 3. The number of rotatable bonds is 13. The molecule has 0 bridgehead atoms. The van der Waals surface area contributed by atoms with Gasteiger partial charge in [-0.1, -0.05) is 0 Å². The molecule has 0 unspecified atom stereocenters. The highest BCUT2D eigenvalue weighted by atomic mass is 19.1. The summed E-state index contributed by atoms with van der Waals surface area (Å²) in [6.07, 6.45) is 0.949. The molecule has 13 heteroatoms. The Labute approximate surface area is 175 Å². The van der Waals surface area contributed by atoms with Gasteiger partial charge in [0.15, 0.2) is 0 Å². The first kappa shape index (κ1) is 25.3. The molecule has 0 spiro atoms. The molecule has 0 aliphatic carbocycles. The van der Waals surface area contributed by atoms with Crippen LogP contribution in [-0.4, -0.2) is 68.8 Å². The van der Waals surface area contributed by atoms with Crippen molar-refractivity contribution < 1.29 is 43.7 Å². The van der Waals surface area contributed by atoms with Crippen LogP contribution in [0.2, 0.25) is 0 Å². The van der Waals surface area contributed by atoms with Gasteiger partial charge in [0.05, 0.1) is 0 Å². The summed E-state index contributed by atoms with van der Waals surface area (Å²) in [6.45, 7) is 0.178. The van der Waals surface area contributed by atoms with E-state index in [1.807, 2.05) is 5.32 Å². The fourth-order valence-electron chi connectivity index (χ4n) is 2.46. The Morgan fingerprint density at radius 2 is 1.58 bits per heavy atom. The van der Waals surface area contributed by atoms with Gasteiger partial charge < -0.3 is 31.3 Å². The van der Waals surface area contributed by atoms with Crippen molar-refractivity contribution in [1.82, 2.24) is 20.9 Å². The molecule has 0 aromatic carbocycles. The number of urea groups is 1. The van der Waals surface area contributed by atoms with Crippen LogP contribution in [0.4, 0.5) is 9.18 Å². The third kappa shape index (κ3) is 10.0. The van der Waals surface area contributed by atoms with E-state index in [4.69, 9.17) is 10.2 Å². The minimum absolute atomic E-state index is 0.00459. The summed E-state index contributed by atoms with van der Waals surface area (Å²) >= 11 is 0. The number of nitrogens with zero attached hydrogens (tertiary/aromatic N) is 1. The number of hydrogen-bond donors (Lipinski definition) is 6. The fourth-order valence-corrected chi connectivity index (χ4v) is 2.46. The molecule has 6 N–H and O–H groups in total. The Morgan fingerprint density at radius 3 is 2.13 bits per heavy atom. The molecular weight excluding hydrogens is 419 g/mol. The van der Waals surface area contributed by atoms with Gasteiger partial charge in [-0.05, 0) is 31.7 Å². The van der Waals surface area contributed by atoms with Crippen molar-refractivity contribution in [1.29, 1.82) is 0 Å². The summed E-state index contributed by atoms with van der Waals surface area (Å²) in [6, 6.07) is -1.56. The molecule has 1 aromatic rings. The summed E-state index contributed by atoms with van der Waals surface area (Å²) in [5.74, 6) is -5.35. The third-order valence-electron chi connectivity index (χ3n) is 4.05. The van der Waals surface area contributed by atoms with Gasteiger partial charge >= 0.3 is 23.9 Å². The highest BCUT2D eigenvalue weighted by Gasteiger charge is 2.24. The van der Waals surface area contributed by atoms with Gasteiger partial charge in [-0.15, -0.1) is 0 Å². The number of unbranched alkanes of at least 4 members (excludes halogenated alkanes) is 1. The highest BCUT2D eigenvalue weighted by molar-refractivity contribution is 5.94. The van der Waals surface area contributed by atoms with Crippen molar-refractivity contribution in [2.75, 3.05) is 6.54 Å². The van der Waals surface area contributed by atoms with Gasteiger partial charge in [0.1, 0.15) is 12.1 Å². The van der Waals surface area contributed by atoms with E-state index in [1.165, 1.54) is 6.07 Å². The van der Waals surface area contributed by atoms with E-state index in [2.05, 4.69) is 15.6 Å². The van der Waals surface area contributed by atoms with E-state index in [0.717, 1.165) is 12.3 Å². The normalized spacial score (nSPS) is 12.3. The largest absolute Gasteiger partial charge is 0.481 e. The summed E-state index contributed by atoms with van der Waals surface area (Å²) in [4.78, 5) is 60.0. The molecule has 170 valence electrons. The second kappa shape index (κ2) is 12.7. The van der Waals surface area contributed by atoms with E-state index in [9.17, 15) is 33.5 Å². The van der Waals surface area contributed by atoms with Crippen molar-refractivity contribution in [3.8, 4) is 0 Å². The molecule has 0 aliphatic heterocycles. The molecule has 0 saturated carbocycles. The second-order valence-corrected chi connectivity index (χ2v) is 6.45. The Bertz CT molecular complexity index is 820. The van der Waals surface area contributed by atoms with Gasteiger partial charge in [-0.3, -0.25) is 9.59 Å². The molecule has 31 heavy (non-hydrogen) atoms. The summed E-state index contributed by atoms with van der Waals surface area (Å²) in [5, 5.41) is 33.5. The lowest BCUT2D eigenvalue weighted by molar-refractivity contribution is -0.140. The Morgan fingerprint density at radius 1 is 0.968 bits per heavy atom. The number of amides is 3. The zero-order valence-corrected chi connectivity index (χ0v) is 16.3. The molecule has 1 heterocycles. The van der Waals surface area contributed by atoms with Crippen LogP contribution in [0.3, 0.4) is 0 Å². The number of hydrogen-bond acceptors (Lipinski definition) is 6. The number of carbonyl (C=O) groups is 5. The number of pyridine rings is 1. The van der Waals surface area contributed by atoms with Crippen LogP contribution in [-0.2, 0) is 14.4 Å². The molecule has 1 rings (SSSR count). The van der Waals surface area contributed by atoms with Gasteiger partial charge in [0.25, 0.3) is 5.91 Å². The molecular formula is C18H23FN4O8. The molecule has 0 fully saturated rings. The maximum absolute atomic E-state index is 13.0. The summed E-state index contributed by atoms with van der Waals surface area (Å²) in [5.41, 5.74) is 0.0881. The highest BCUT2D eigenvalue weighted by Crippen LogP contribution is 2.04. The van der Waals surface area contributed by atoms with Gasteiger partial charge in [-0.25, -0.2) is 19.4 Å². The van der Waals surface area contributed by atoms with Crippen molar-refractivity contribution >= 4 is 29.8 Å². The zero-order chi connectivity index (χ0) is 23.4. The van der Waals surface area contributed by atoms with Crippen LogP contribution >= 0.6 is 0 Å². The van der Waals surface area contributed by atoms with Crippen LogP contribution < -0.4 is 16.0 Å². The molecule has 1 aromatic heterocycles. The summed E-state index contributed by atoms with van der Waals surface area (Å²) < 4.78 is 13.0. The van der Waals surface area contributed by atoms with Crippen LogP contribution in [0.15, 0.2) is 18.3 Å². The SMILES string of the molecule is O=C(O)CC[C@H](NC(=O)N[C@@H](CCCCNC(=O)c1ccnc(F)c1)C(=O)O)C(=O)O. The lowest BCUT2D eigenvalue weighted by atomic mass is 10.1. The first-order chi connectivity index (χ1) is 14.6. The Balaban J connectivity index is 2.42. The third-order valence-corrected chi connectivity index (χ3v) is 4.05. The molecule has 2 atom stereocenters. The lowest BCUT2D eigenvalue weighted by Crippen LogP contribution is -2.51. The van der Waals surface area contributed by atoms with Crippen molar-refractivity contribution in [3.63, 3.8) is 0 Å². The van der Waals surface area contributed by atoms with E-state index < -0.39 is 54.3 Å². The van der Waals surface area contributed by atoms with Gasteiger partial charge in [-0.2, -0.15) is 4.39 Å². The van der Waals surface area contributed by atoms with E-state index in [-0.39, 0.29) is 24.9 Å². The van der Waals surface area contributed by atoms with Gasteiger partial charge in [0.2, 0.25) is 5.95 Å². The zero-order valence-electron chi connectivity index (χ0n) is 16.3. The second-order valence-electron chi connectivity index (χ2n) is 6.45. The van der Waals surface area contributed by atoms with Gasteiger partial charge in [0, 0.05) is 30.8 Å². The van der Waals surface area contributed by atoms with Crippen molar-refractivity contribution in [2.45, 2.75) is 44.2 Å². The average Bonchev–Trinajstić information content (AvgIpc) is 2.69. The number of carboxylic acids is 3. The molecule has 0 saturated heterocycles. The lowest BCUT2D eigenvalue weighted by Gasteiger charge is -2.18. The van der Waals surface area contributed by atoms with Crippen LogP contribution in [0, 0.1) is 5.95 Å². The van der Waals surface area contributed by atoms with Crippen LogP contribution in [0.25, 0.3) is 0 Å².